The first-order valence-corrected chi connectivity index (χ1v) is 11.0. The van der Waals surface area contributed by atoms with E-state index in [1.165, 1.54) is 31.4 Å². The summed E-state index contributed by atoms with van der Waals surface area (Å²) in [6, 6.07) is 16.7. The van der Waals surface area contributed by atoms with Crippen molar-refractivity contribution in [2.75, 3.05) is 7.11 Å². The number of halogens is 2. The highest BCUT2D eigenvalue weighted by molar-refractivity contribution is 9.10. The molecule has 1 heterocycles. The van der Waals surface area contributed by atoms with Gasteiger partial charge in [0, 0.05) is 16.6 Å². The standard InChI is InChI=1S/C24H16BrClN2O6/c1-32-22-11-15(4-9-21(22)33-13-14-2-5-16(25)6-3-14)10-20-24(29)34-23(27-20)18-12-17(28(30)31)7-8-19(18)26/h2-12H,13H2,1H3/b20-10-. The highest BCUT2D eigenvalue weighted by Gasteiger charge is 2.27. The second kappa shape index (κ2) is 10.1. The van der Waals surface area contributed by atoms with Crippen LogP contribution in [0.4, 0.5) is 5.69 Å². The minimum absolute atomic E-state index is 0.0168. The summed E-state index contributed by atoms with van der Waals surface area (Å²) in [5, 5.41) is 11.2. The van der Waals surface area contributed by atoms with Crippen LogP contribution in [0.3, 0.4) is 0 Å². The van der Waals surface area contributed by atoms with Crippen LogP contribution in [-0.2, 0) is 16.1 Å². The third-order valence-corrected chi connectivity index (χ3v) is 5.67. The molecule has 0 aliphatic carbocycles. The fourth-order valence-electron chi connectivity index (χ4n) is 3.11. The van der Waals surface area contributed by atoms with Gasteiger partial charge in [0.15, 0.2) is 17.2 Å². The molecule has 3 aromatic carbocycles. The maximum absolute atomic E-state index is 12.4. The number of nitro groups is 1. The smallest absolute Gasteiger partial charge is 0.363 e. The number of hydrogen-bond donors (Lipinski definition) is 0. The average molecular weight is 544 g/mol. The topological polar surface area (TPSA) is 100 Å². The molecule has 0 aromatic heterocycles. The molecule has 172 valence electrons. The van der Waals surface area contributed by atoms with Gasteiger partial charge < -0.3 is 14.2 Å². The molecule has 1 aliphatic rings. The molecule has 0 atom stereocenters. The van der Waals surface area contributed by atoms with Crippen molar-refractivity contribution in [3.05, 3.63) is 103 Å². The van der Waals surface area contributed by atoms with Gasteiger partial charge in [0.05, 0.1) is 22.6 Å². The Balaban J connectivity index is 1.57. The molecule has 4 rings (SSSR count). The molecule has 1 aliphatic heterocycles. The largest absolute Gasteiger partial charge is 0.493 e. The molecular formula is C24H16BrClN2O6. The first-order valence-electron chi connectivity index (χ1n) is 9.86. The number of nitrogens with zero attached hydrogens (tertiary/aromatic N) is 2. The van der Waals surface area contributed by atoms with Gasteiger partial charge in [-0.3, -0.25) is 10.1 Å². The molecular weight excluding hydrogens is 528 g/mol. The Bertz CT molecular complexity index is 1340. The van der Waals surface area contributed by atoms with E-state index in [1.807, 2.05) is 24.3 Å². The summed E-state index contributed by atoms with van der Waals surface area (Å²) in [6.07, 6.45) is 1.52. The summed E-state index contributed by atoms with van der Waals surface area (Å²) in [5.74, 6) is 0.205. The lowest BCUT2D eigenvalue weighted by atomic mass is 10.1. The van der Waals surface area contributed by atoms with Crippen LogP contribution >= 0.6 is 27.5 Å². The van der Waals surface area contributed by atoms with E-state index in [1.54, 1.807) is 18.2 Å². The number of aliphatic imine (C=N–C) groups is 1. The van der Waals surface area contributed by atoms with Gasteiger partial charge in [0.2, 0.25) is 5.90 Å². The number of non-ortho nitro benzene ring substituents is 1. The first-order chi connectivity index (χ1) is 16.3. The summed E-state index contributed by atoms with van der Waals surface area (Å²) < 4.78 is 17.5. The number of rotatable bonds is 7. The van der Waals surface area contributed by atoms with E-state index < -0.39 is 10.9 Å². The molecule has 3 aromatic rings. The number of benzene rings is 3. The number of methoxy groups -OCH3 is 1. The van der Waals surface area contributed by atoms with Crippen LogP contribution in [0.15, 0.2) is 75.8 Å². The zero-order chi connectivity index (χ0) is 24.2. The molecule has 34 heavy (non-hydrogen) atoms. The lowest BCUT2D eigenvalue weighted by Crippen LogP contribution is -2.06. The van der Waals surface area contributed by atoms with Crippen LogP contribution in [0.1, 0.15) is 16.7 Å². The van der Waals surface area contributed by atoms with E-state index in [-0.39, 0.29) is 27.9 Å². The van der Waals surface area contributed by atoms with Gasteiger partial charge in [0.25, 0.3) is 5.69 Å². The number of carbonyl (C=O) groups is 1. The van der Waals surface area contributed by atoms with Gasteiger partial charge in [-0.2, -0.15) is 0 Å². The zero-order valence-corrected chi connectivity index (χ0v) is 20.0. The van der Waals surface area contributed by atoms with Crippen LogP contribution in [0.2, 0.25) is 5.02 Å². The second-order valence-electron chi connectivity index (χ2n) is 7.08. The number of esters is 1. The molecule has 0 bridgehead atoms. The van der Waals surface area contributed by atoms with Crippen molar-refractivity contribution >= 4 is 51.2 Å². The molecule has 0 saturated carbocycles. The van der Waals surface area contributed by atoms with E-state index in [4.69, 9.17) is 25.8 Å². The van der Waals surface area contributed by atoms with E-state index in [9.17, 15) is 14.9 Å². The van der Waals surface area contributed by atoms with Gasteiger partial charge >= 0.3 is 5.97 Å². The normalized spacial score (nSPS) is 14.0. The molecule has 0 spiro atoms. The van der Waals surface area contributed by atoms with Crippen LogP contribution in [0.25, 0.3) is 6.08 Å². The first kappa shape index (κ1) is 23.5. The lowest BCUT2D eigenvalue weighted by Gasteiger charge is -2.11. The van der Waals surface area contributed by atoms with E-state index in [2.05, 4.69) is 20.9 Å². The van der Waals surface area contributed by atoms with Crippen LogP contribution in [0, 0.1) is 10.1 Å². The maximum atomic E-state index is 12.4. The summed E-state index contributed by atoms with van der Waals surface area (Å²) in [7, 11) is 1.52. The average Bonchev–Trinajstić information content (AvgIpc) is 3.19. The number of hydrogen-bond acceptors (Lipinski definition) is 7. The van der Waals surface area contributed by atoms with Crippen molar-refractivity contribution in [3.63, 3.8) is 0 Å². The van der Waals surface area contributed by atoms with Gasteiger partial charge in [-0.1, -0.05) is 45.7 Å². The monoisotopic (exact) mass is 542 g/mol. The molecule has 0 N–H and O–H groups in total. The number of nitro benzene ring substituents is 1. The number of carbonyl (C=O) groups excluding carboxylic acids is 1. The second-order valence-corrected chi connectivity index (χ2v) is 8.41. The Kier molecular flexibility index (Phi) is 6.95. The molecule has 0 saturated heterocycles. The maximum Gasteiger partial charge on any atom is 0.363 e. The quantitative estimate of drug-likeness (QED) is 0.158. The van der Waals surface area contributed by atoms with Crippen molar-refractivity contribution in [2.45, 2.75) is 6.61 Å². The minimum atomic E-state index is -0.702. The van der Waals surface area contributed by atoms with Crippen molar-refractivity contribution in [3.8, 4) is 11.5 Å². The Labute approximate surface area is 207 Å². The van der Waals surface area contributed by atoms with Gasteiger partial charge in [0.1, 0.15) is 6.61 Å². The highest BCUT2D eigenvalue weighted by Crippen LogP contribution is 2.31. The van der Waals surface area contributed by atoms with Crippen molar-refractivity contribution in [1.29, 1.82) is 0 Å². The van der Waals surface area contributed by atoms with Gasteiger partial charge in [-0.25, -0.2) is 9.79 Å². The van der Waals surface area contributed by atoms with Crippen molar-refractivity contribution < 1.29 is 23.9 Å². The zero-order valence-electron chi connectivity index (χ0n) is 17.7. The van der Waals surface area contributed by atoms with E-state index in [0.29, 0.717) is 23.7 Å². The summed E-state index contributed by atoms with van der Waals surface area (Å²) in [6.45, 7) is 0.355. The Morgan fingerprint density at radius 2 is 1.88 bits per heavy atom. The third kappa shape index (κ3) is 5.27. The van der Waals surface area contributed by atoms with Gasteiger partial charge in [-0.05, 0) is 47.5 Å². The van der Waals surface area contributed by atoms with Crippen molar-refractivity contribution in [2.24, 2.45) is 4.99 Å². The highest BCUT2D eigenvalue weighted by atomic mass is 79.9. The minimum Gasteiger partial charge on any atom is -0.493 e. The van der Waals surface area contributed by atoms with E-state index >= 15 is 0 Å². The third-order valence-electron chi connectivity index (χ3n) is 4.81. The summed E-state index contributed by atoms with van der Waals surface area (Å²) >= 11 is 9.53. The molecule has 0 radical (unpaired) electrons. The predicted molar refractivity (Wildman–Crippen MR) is 130 cm³/mol. The van der Waals surface area contributed by atoms with Crippen LogP contribution < -0.4 is 9.47 Å². The Morgan fingerprint density at radius 1 is 1.12 bits per heavy atom. The fourth-order valence-corrected chi connectivity index (χ4v) is 3.57. The molecule has 0 unspecified atom stereocenters. The van der Waals surface area contributed by atoms with Crippen molar-refractivity contribution in [1.82, 2.24) is 0 Å². The summed E-state index contributed by atoms with van der Waals surface area (Å²) in [5.41, 5.74) is 1.59. The molecule has 0 amide bonds. The molecule has 10 heteroatoms. The Hall–Kier alpha value is -3.69. The fraction of sp³-hybridized carbons (Fsp3) is 0.0833. The molecule has 0 fully saturated rings. The van der Waals surface area contributed by atoms with Crippen LogP contribution in [0.5, 0.6) is 11.5 Å². The van der Waals surface area contributed by atoms with Crippen LogP contribution in [-0.4, -0.2) is 23.9 Å². The SMILES string of the molecule is COc1cc(/C=C2\N=C(c3cc([N+](=O)[O-])ccc3Cl)OC2=O)ccc1OCc1ccc(Br)cc1. The lowest BCUT2D eigenvalue weighted by molar-refractivity contribution is -0.384. The van der Waals surface area contributed by atoms with Gasteiger partial charge in [-0.15, -0.1) is 0 Å². The van der Waals surface area contributed by atoms with E-state index in [0.717, 1.165) is 10.0 Å². The summed E-state index contributed by atoms with van der Waals surface area (Å²) in [4.78, 5) is 27.0. The Morgan fingerprint density at radius 3 is 2.59 bits per heavy atom. The predicted octanol–water partition coefficient (Wildman–Crippen LogP) is 5.94. The number of ether oxygens (including phenoxy) is 3. The molecule has 8 nitrogen and oxygen atoms in total. The number of cyclic esters (lactones) is 1.